The molecule has 2 N–H and O–H groups in total. The summed E-state index contributed by atoms with van der Waals surface area (Å²) in [4.78, 5) is 0. The van der Waals surface area contributed by atoms with Gasteiger partial charge in [0, 0.05) is 12.1 Å². The molecule has 1 heterocycles. The number of aromatic nitrogens is 4. The van der Waals surface area contributed by atoms with Crippen molar-refractivity contribution in [2.24, 2.45) is 0 Å². The number of aliphatic hydroxyl groups is 1. The number of benzene rings is 1. The highest BCUT2D eigenvalue weighted by atomic mass is 16.3. The fourth-order valence-electron chi connectivity index (χ4n) is 2.94. The molecule has 0 saturated heterocycles. The van der Waals surface area contributed by atoms with E-state index in [1.807, 2.05) is 12.1 Å². The zero-order chi connectivity index (χ0) is 14.7. The van der Waals surface area contributed by atoms with Gasteiger partial charge in [-0.05, 0) is 47.9 Å². The number of hydrogen-bond donors (Lipinski definition) is 2. The van der Waals surface area contributed by atoms with E-state index in [1.54, 1.807) is 11.0 Å². The van der Waals surface area contributed by atoms with Crippen molar-refractivity contribution in [3.05, 3.63) is 36.2 Å². The van der Waals surface area contributed by atoms with Gasteiger partial charge in [0.15, 0.2) is 0 Å². The maximum Gasteiger partial charge on any atom is 0.143 e. The lowest BCUT2D eigenvalue weighted by Crippen LogP contribution is -2.43. The summed E-state index contributed by atoms with van der Waals surface area (Å²) < 4.78 is 1.64. The minimum atomic E-state index is -0.233. The summed E-state index contributed by atoms with van der Waals surface area (Å²) in [5.41, 5.74) is 2.11. The van der Waals surface area contributed by atoms with Crippen LogP contribution < -0.4 is 5.32 Å². The average Bonchev–Trinajstić information content (AvgIpc) is 3.04. The lowest BCUT2D eigenvalue weighted by atomic mass is 9.91. The van der Waals surface area contributed by atoms with Crippen LogP contribution in [0.5, 0.6) is 0 Å². The van der Waals surface area contributed by atoms with Crippen molar-refractivity contribution in [3.63, 3.8) is 0 Å². The van der Waals surface area contributed by atoms with Gasteiger partial charge < -0.3 is 10.4 Å². The molecule has 1 aliphatic rings. The van der Waals surface area contributed by atoms with Crippen LogP contribution >= 0.6 is 0 Å². The first-order chi connectivity index (χ1) is 10.2. The van der Waals surface area contributed by atoms with Crippen molar-refractivity contribution in [1.82, 2.24) is 25.5 Å². The quantitative estimate of drug-likeness (QED) is 0.893. The van der Waals surface area contributed by atoms with Crippen LogP contribution in [-0.4, -0.2) is 37.5 Å². The largest absolute Gasteiger partial charge is 0.392 e. The van der Waals surface area contributed by atoms with Crippen LogP contribution in [0.25, 0.3) is 5.69 Å². The first kappa shape index (κ1) is 14.2. The van der Waals surface area contributed by atoms with E-state index in [2.05, 4.69) is 39.9 Å². The molecule has 0 bridgehead atoms. The Bertz CT molecular complexity index is 571. The fourth-order valence-corrected chi connectivity index (χ4v) is 2.94. The van der Waals surface area contributed by atoms with Crippen LogP contribution in [0, 0.1) is 0 Å². The topological polar surface area (TPSA) is 75.9 Å². The van der Waals surface area contributed by atoms with Crippen molar-refractivity contribution in [2.45, 2.75) is 50.8 Å². The van der Waals surface area contributed by atoms with Gasteiger partial charge in [-0.1, -0.05) is 25.0 Å². The molecule has 1 aromatic carbocycles. The number of rotatable bonds is 4. The number of aliphatic hydroxyl groups excluding tert-OH is 1. The maximum absolute atomic E-state index is 10.1. The molecule has 0 amide bonds. The molecule has 3 rings (SSSR count). The van der Waals surface area contributed by atoms with Gasteiger partial charge in [-0.3, -0.25) is 0 Å². The minimum Gasteiger partial charge on any atom is -0.392 e. The summed E-state index contributed by atoms with van der Waals surface area (Å²) in [5, 5.41) is 24.9. The van der Waals surface area contributed by atoms with Gasteiger partial charge in [-0.25, -0.2) is 4.68 Å². The molecule has 6 heteroatoms. The summed E-state index contributed by atoms with van der Waals surface area (Å²) in [6.07, 6.45) is 5.60. The van der Waals surface area contributed by atoms with E-state index in [0.29, 0.717) is 0 Å². The highest BCUT2D eigenvalue weighted by molar-refractivity contribution is 5.35. The van der Waals surface area contributed by atoms with Crippen molar-refractivity contribution in [2.75, 3.05) is 0 Å². The second kappa shape index (κ2) is 6.32. The molecule has 1 aliphatic carbocycles. The Labute approximate surface area is 124 Å². The highest BCUT2D eigenvalue weighted by Crippen LogP contribution is 2.23. The van der Waals surface area contributed by atoms with E-state index in [4.69, 9.17) is 0 Å². The van der Waals surface area contributed by atoms with Crippen LogP contribution in [0.4, 0.5) is 0 Å². The minimum absolute atomic E-state index is 0.180. The fraction of sp³-hybridized carbons (Fsp3) is 0.533. The molecule has 6 nitrogen and oxygen atoms in total. The number of hydrogen-bond acceptors (Lipinski definition) is 5. The van der Waals surface area contributed by atoms with Crippen LogP contribution in [0.1, 0.15) is 44.2 Å². The van der Waals surface area contributed by atoms with Crippen LogP contribution in [0.2, 0.25) is 0 Å². The summed E-state index contributed by atoms with van der Waals surface area (Å²) in [6.45, 7) is 2.13. The molecular formula is C15H21N5O. The maximum atomic E-state index is 10.1. The second-order valence-electron chi connectivity index (χ2n) is 5.70. The molecule has 21 heavy (non-hydrogen) atoms. The van der Waals surface area contributed by atoms with Crippen LogP contribution in [0.3, 0.4) is 0 Å². The first-order valence-corrected chi connectivity index (χ1v) is 7.51. The Balaban J connectivity index is 1.72. The molecule has 0 radical (unpaired) electrons. The summed E-state index contributed by atoms with van der Waals surface area (Å²) in [6, 6.07) is 8.50. The monoisotopic (exact) mass is 287 g/mol. The van der Waals surface area contributed by atoms with E-state index in [-0.39, 0.29) is 18.2 Å². The first-order valence-electron chi connectivity index (χ1n) is 7.51. The van der Waals surface area contributed by atoms with Gasteiger partial charge in [0.25, 0.3) is 0 Å². The molecule has 1 aromatic heterocycles. The Morgan fingerprint density at radius 2 is 2.19 bits per heavy atom. The molecule has 112 valence electrons. The van der Waals surface area contributed by atoms with Gasteiger partial charge in [0.05, 0.1) is 11.8 Å². The molecule has 3 unspecified atom stereocenters. The lowest BCUT2D eigenvalue weighted by Gasteiger charge is -2.31. The molecule has 1 saturated carbocycles. The third-order valence-electron chi connectivity index (χ3n) is 4.18. The summed E-state index contributed by atoms with van der Waals surface area (Å²) in [5.74, 6) is 0. The normalized spacial score (nSPS) is 23.9. The predicted octanol–water partition coefficient (Wildman–Crippen LogP) is 1.62. The number of nitrogens with one attached hydrogen (secondary N) is 1. The van der Waals surface area contributed by atoms with Crippen LogP contribution in [0.15, 0.2) is 30.6 Å². The Hall–Kier alpha value is -1.79. The Morgan fingerprint density at radius 3 is 2.95 bits per heavy atom. The van der Waals surface area contributed by atoms with Crippen molar-refractivity contribution in [1.29, 1.82) is 0 Å². The number of tetrazole rings is 1. The van der Waals surface area contributed by atoms with E-state index in [9.17, 15) is 5.11 Å². The van der Waals surface area contributed by atoms with Gasteiger partial charge in [0.1, 0.15) is 6.33 Å². The molecule has 0 aliphatic heterocycles. The molecule has 3 atom stereocenters. The van der Waals surface area contributed by atoms with Gasteiger partial charge in [-0.2, -0.15) is 0 Å². The standard InChI is InChI=1S/C15H21N5O/c1-11(17-14-7-2-3-8-15(14)21)12-5-4-6-13(9-12)20-10-16-18-19-20/h4-6,9-11,14-15,17,21H,2-3,7-8H2,1H3. The average molecular weight is 287 g/mol. The second-order valence-corrected chi connectivity index (χ2v) is 5.70. The smallest absolute Gasteiger partial charge is 0.143 e. The van der Waals surface area contributed by atoms with E-state index in [0.717, 1.165) is 24.9 Å². The lowest BCUT2D eigenvalue weighted by molar-refractivity contribution is 0.0860. The third kappa shape index (κ3) is 3.28. The molecule has 1 fully saturated rings. The van der Waals surface area contributed by atoms with Crippen molar-refractivity contribution >= 4 is 0 Å². The van der Waals surface area contributed by atoms with Gasteiger partial charge in [0.2, 0.25) is 0 Å². The predicted molar refractivity (Wildman–Crippen MR) is 79.0 cm³/mol. The zero-order valence-electron chi connectivity index (χ0n) is 12.2. The Morgan fingerprint density at radius 1 is 1.33 bits per heavy atom. The number of nitrogens with zero attached hydrogens (tertiary/aromatic N) is 4. The molecular weight excluding hydrogens is 266 g/mol. The van der Waals surface area contributed by atoms with Crippen molar-refractivity contribution < 1.29 is 5.11 Å². The Kier molecular flexibility index (Phi) is 4.26. The molecule has 2 aromatic rings. The van der Waals surface area contributed by atoms with Crippen molar-refractivity contribution in [3.8, 4) is 5.69 Å². The highest BCUT2D eigenvalue weighted by Gasteiger charge is 2.24. The van der Waals surface area contributed by atoms with Gasteiger partial charge >= 0.3 is 0 Å². The SMILES string of the molecule is CC(NC1CCCCC1O)c1cccc(-n2cnnn2)c1. The third-order valence-corrected chi connectivity index (χ3v) is 4.18. The van der Waals surface area contributed by atoms with Crippen LogP contribution in [-0.2, 0) is 0 Å². The summed E-state index contributed by atoms with van der Waals surface area (Å²) >= 11 is 0. The summed E-state index contributed by atoms with van der Waals surface area (Å²) in [7, 11) is 0. The van der Waals surface area contributed by atoms with E-state index >= 15 is 0 Å². The zero-order valence-corrected chi connectivity index (χ0v) is 12.2. The molecule has 0 spiro atoms. The van der Waals surface area contributed by atoms with E-state index in [1.165, 1.54) is 12.0 Å². The van der Waals surface area contributed by atoms with E-state index < -0.39 is 0 Å². The van der Waals surface area contributed by atoms with Gasteiger partial charge in [-0.15, -0.1) is 5.10 Å².